The van der Waals surface area contributed by atoms with Crippen molar-refractivity contribution in [2.45, 2.75) is 24.5 Å². The summed E-state index contributed by atoms with van der Waals surface area (Å²) in [5.74, 6) is -4.72. The first-order chi connectivity index (χ1) is 9.72. The highest BCUT2D eigenvalue weighted by Crippen LogP contribution is 1.94. The summed E-state index contributed by atoms with van der Waals surface area (Å²) in [5, 5.41) is 30.4. The number of aliphatic hydroxyl groups excluding tert-OH is 1. The van der Waals surface area contributed by atoms with Crippen LogP contribution in [0.1, 0.15) is 6.42 Å². The van der Waals surface area contributed by atoms with E-state index >= 15 is 0 Å². The third-order valence-electron chi connectivity index (χ3n) is 2.34. The molecule has 11 heteroatoms. The average molecular weight is 323 g/mol. The molecule has 0 rings (SSSR count). The monoisotopic (exact) mass is 323 g/mol. The first-order valence-electron chi connectivity index (χ1n) is 5.75. The first-order valence-corrected chi connectivity index (χ1v) is 6.38. The van der Waals surface area contributed by atoms with Crippen molar-refractivity contribution in [1.82, 2.24) is 10.6 Å². The minimum atomic E-state index is -1.45. The number of carbonyl (C=O) groups is 4. The van der Waals surface area contributed by atoms with Gasteiger partial charge in [-0.05, 0) is 0 Å². The lowest BCUT2D eigenvalue weighted by atomic mass is 10.2. The first kappa shape index (κ1) is 19.1. The average Bonchev–Trinajstić information content (AvgIpc) is 2.40. The molecule has 120 valence electrons. The number of carbonyl (C=O) groups excluding carboxylic acids is 2. The van der Waals surface area contributed by atoms with Crippen molar-refractivity contribution in [3.63, 3.8) is 0 Å². The molecule has 21 heavy (non-hydrogen) atoms. The molecule has 0 spiro atoms. The van der Waals surface area contributed by atoms with Gasteiger partial charge in [-0.3, -0.25) is 14.4 Å². The van der Waals surface area contributed by atoms with E-state index in [-0.39, 0.29) is 5.75 Å². The number of rotatable bonds is 9. The summed E-state index contributed by atoms with van der Waals surface area (Å²) >= 11 is 3.74. The number of hydrogen-bond donors (Lipinski definition) is 7. The van der Waals surface area contributed by atoms with E-state index in [9.17, 15) is 19.2 Å². The normalized spacial score (nSPS) is 14.6. The fourth-order valence-corrected chi connectivity index (χ4v) is 1.46. The second-order valence-electron chi connectivity index (χ2n) is 4.03. The Morgan fingerprint density at radius 1 is 1.05 bits per heavy atom. The lowest BCUT2D eigenvalue weighted by Gasteiger charge is -2.20. The van der Waals surface area contributed by atoms with Crippen LogP contribution in [0.25, 0.3) is 0 Å². The predicted molar refractivity (Wildman–Crippen MR) is 72.7 cm³/mol. The molecule has 0 heterocycles. The van der Waals surface area contributed by atoms with Gasteiger partial charge in [-0.2, -0.15) is 12.6 Å². The molecule has 3 unspecified atom stereocenters. The zero-order valence-corrected chi connectivity index (χ0v) is 11.7. The summed E-state index contributed by atoms with van der Waals surface area (Å²) in [6, 6.07) is -4.14. The van der Waals surface area contributed by atoms with E-state index in [1.807, 2.05) is 5.32 Å². The van der Waals surface area contributed by atoms with E-state index in [0.29, 0.717) is 0 Å². The molecule has 0 aliphatic heterocycles. The highest BCUT2D eigenvalue weighted by Gasteiger charge is 2.27. The molecule has 0 fully saturated rings. The Morgan fingerprint density at radius 2 is 1.57 bits per heavy atom. The largest absolute Gasteiger partial charge is 0.481 e. The minimum Gasteiger partial charge on any atom is -0.481 e. The topological polar surface area (TPSA) is 179 Å². The maximum atomic E-state index is 11.7. The molecule has 0 bridgehead atoms. The van der Waals surface area contributed by atoms with E-state index < -0.39 is 54.9 Å². The third-order valence-corrected chi connectivity index (χ3v) is 2.71. The van der Waals surface area contributed by atoms with Crippen molar-refractivity contribution in [3.05, 3.63) is 0 Å². The maximum Gasteiger partial charge on any atom is 0.327 e. The van der Waals surface area contributed by atoms with Crippen LogP contribution >= 0.6 is 12.6 Å². The lowest BCUT2D eigenvalue weighted by molar-refractivity contribution is -0.142. The van der Waals surface area contributed by atoms with Crippen LogP contribution in [0, 0.1) is 0 Å². The Bertz CT molecular complexity index is 417. The highest BCUT2D eigenvalue weighted by atomic mass is 32.1. The Balaban J connectivity index is 4.63. The Morgan fingerprint density at radius 3 is 1.95 bits per heavy atom. The second kappa shape index (κ2) is 9.15. The van der Waals surface area contributed by atoms with Crippen molar-refractivity contribution >= 4 is 36.4 Å². The molecule has 0 aromatic carbocycles. The van der Waals surface area contributed by atoms with Gasteiger partial charge in [0, 0.05) is 5.75 Å². The molecule has 3 atom stereocenters. The molecule has 0 aromatic heterocycles. The molecule has 0 saturated heterocycles. The fraction of sp³-hybridized carbons (Fsp3) is 0.600. The molecule has 0 aromatic rings. The van der Waals surface area contributed by atoms with Crippen LogP contribution in [-0.4, -0.2) is 69.6 Å². The second-order valence-corrected chi connectivity index (χ2v) is 4.40. The predicted octanol–water partition coefficient (Wildman–Crippen LogP) is -3.24. The van der Waals surface area contributed by atoms with Crippen molar-refractivity contribution in [2.24, 2.45) is 5.73 Å². The van der Waals surface area contributed by atoms with Crippen LogP contribution in [0.2, 0.25) is 0 Å². The number of amides is 2. The van der Waals surface area contributed by atoms with Gasteiger partial charge in [0.1, 0.15) is 12.1 Å². The van der Waals surface area contributed by atoms with Gasteiger partial charge in [-0.25, -0.2) is 4.79 Å². The number of hydrogen-bond acceptors (Lipinski definition) is 7. The molecule has 0 aliphatic rings. The van der Waals surface area contributed by atoms with Gasteiger partial charge >= 0.3 is 11.9 Å². The van der Waals surface area contributed by atoms with Crippen LogP contribution < -0.4 is 16.4 Å². The number of aliphatic hydroxyl groups is 1. The van der Waals surface area contributed by atoms with E-state index in [4.69, 9.17) is 21.1 Å². The van der Waals surface area contributed by atoms with Gasteiger partial charge < -0.3 is 31.7 Å². The Hall–Kier alpha value is -1.85. The molecule has 10 nitrogen and oxygen atoms in total. The molecule has 2 amide bonds. The summed E-state index contributed by atoms with van der Waals surface area (Å²) in [6.45, 7) is -0.809. The number of nitrogens with one attached hydrogen (secondary N) is 2. The molecule has 0 saturated carbocycles. The van der Waals surface area contributed by atoms with Crippen molar-refractivity contribution in [2.75, 3.05) is 12.4 Å². The molecule has 0 radical (unpaired) electrons. The molecule has 7 N–H and O–H groups in total. The van der Waals surface area contributed by atoms with E-state index in [1.54, 1.807) is 0 Å². The summed E-state index contributed by atoms with van der Waals surface area (Å²) in [7, 11) is 0. The Kier molecular flexibility index (Phi) is 8.35. The zero-order chi connectivity index (χ0) is 16.6. The summed E-state index contributed by atoms with van der Waals surface area (Å²) in [6.07, 6.45) is -0.653. The summed E-state index contributed by atoms with van der Waals surface area (Å²) < 4.78 is 0. The van der Waals surface area contributed by atoms with Gasteiger partial charge in [-0.15, -0.1) is 0 Å². The Labute approximate surface area is 125 Å². The van der Waals surface area contributed by atoms with Gasteiger partial charge in [0.2, 0.25) is 11.8 Å². The summed E-state index contributed by atoms with van der Waals surface area (Å²) in [4.78, 5) is 44.3. The van der Waals surface area contributed by atoms with E-state index in [0.717, 1.165) is 0 Å². The van der Waals surface area contributed by atoms with Gasteiger partial charge in [-0.1, -0.05) is 0 Å². The standard InChI is InChI=1S/C10H17N3O7S/c11-4(1-7(15)16)8(17)12-5(2-14)9(18)13-6(3-21)10(19)20/h4-6,14,21H,1-3,11H2,(H,12,17)(H,13,18)(H,15,16)(H,19,20). The van der Waals surface area contributed by atoms with Crippen molar-refractivity contribution in [3.8, 4) is 0 Å². The van der Waals surface area contributed by atoms with Gasteiger partial charge in [0.05, 0.1) is 19.1 Å². The smallest absolute Gasteiger partial charge is 0.327 e. The number of carboxylic acid groups (broad SMARTS) is 2. The minimum absolute atomic E-state index is 0.189. The summed E-state index contributed by atoms with van der Waals surface area (Å²) in [5.41, 5.74) is 5.28. The lowest BCUT2D eigenvalue weighted by Crippen LogP contribution is -2.56. The fourth-order valence-electron chi connectivity index (χ4n) is 1.21. The molecule has 0 aliphatic carbocycles. The number of nitrogens with two attached hydrogens (primary N) is 1. The third kappa shape index (κ3) is 6.92. The van der Waals surface area contributed by atoms with Gasteiger partial charge in [0.15, 0.2) is 0 Å². The number of thiol groups is 1. The number of carboxylic acids is 2. The zero-order valence-electron chi connectivity index (χ0n) is 10.9. The van der Waals surface area contributed by atoms with E-state index in [1.165, 1.54) is 0 Å². The van der Waals surface area contributed by atoms with Crippen LogP contribution in [0.3, 0.4) is 0 Å². The van der Waals surface area contributed by atoms with Gasteiger partial charge in [0.25, 0.3) is 0 Å². The SMILES string of the molecule is NC(CC(=O)O)C(=O)NC(CO)C(=O)NC(CS)C(=O)O. The van der Waals surface area contributed by atoms with Crippen LogP contribution in [0.15, 0.2) is 0 Å². The van der Waals surface area contributed by atoms with Crippen molar-refractivity contribution in [1.29, 1.82) is 0 Å². The van der Waals surface area contributed by atoms with Crippen LogP contribution in [0.5, 0.6) is 0 Å². The van der Waals surface area contributed by atoms with Crippen LogP contribution in [0.4, 0.5) is 0 Å². The molecular formula is C10H17N3O7S. The maximum absolute atomic E-state index is 11.7. The van der Waals surface area contributed by atoms with Crippen molar-refractivity contribution < 1.29 is 34.5 Å². The highest BCUT2D eigenvalue weighted by molar-refractivity contribution is 7.80. The van der Waals surface area contributed by atoms with Crippen LogP contribution in [-0.2, 0) is 19.2 Å². The quantitative estimate of drug-likeness (QED) is 0.216. The van der Waals surface area contributed by atoms with E-state index in [2.05, 4.69) is 17.9 Å². The molecular weight excluding hydrogens is 306 g/mol. The number of aliphatic carboxylic acids is 2.